The predicted molar refractivity (Wildman–Crippen MR) is 141 cm³/mol. The Labute approximate surface area is 209 Å². The zero-order chi connectivity index (χ0) is 24.9. The standard InChI is InChI=1S/C29H24N2O4S/c32-29(33)20-13-11-19(12-14-20)28-24-9-4-8-23(24)25-17-21(15-16-26(25)30-28)36(34,35)31-27-10-3-6-18-5-1-2-7-22(18)27/h1-8,10-17,23-24,28,30-31H,9H2,(H,32,33)/t23?,24?,28-/m1/s1. The second-order valence-corrected chi connectivity index (χ2v) is 11.0. The molecule has 0 radical (unpaired) electrons. The van der Waals surface area contributed by atoms with Crippen LogP contribution in [0.25, 0.3) is 10.8 Å². The van der Waals surface area contributed by atoms with Gasteiger partial charge in [-0.25, -0.2) is 13.2 Å². The van der Waals surface area contributed by atoms with E-state index in [1.807, 2.05) is 54.6 Å². The number of fused-ring (bicyclic) bond motifs is 4. The van der Waals surface area contributed by atoms with Crippen LogP contribution in [-0.4, -0.2) is 19.5 Å². The molecule has 36 heavy (non-hydrogen) atoms. The molecule has 3 N–H and O–H groups in total. The summed E-state index contributed by atoms with van der Waals surface area (Å²) in [7, 11) is -3.80. The Balaban J connectivity index is 1.33. The lowest BCUT2D eigenvalue weighted by atomic mass is 9.77. The summed E-state index contributed by atoms with van der Waals surface area (Å²) < 4.78 is 29.6. The lowest BCUT2D eigenvalue weighted by Crippen LogP contribution is -2.29. The van der Waals surface area contributed by atoms with Crippen molar-refractivity contribution in [3.05, 3.63) is 114 Å². The van der Waals surface area contributed by atoms with Crippen LogP contribution in [-0.2, 0) is 10.0 Å². The van der Waals surface area contributed by atoms with Crippen molar-refractivity contribution in [2.75, 3.05) is 10.0 Å². The number of rotatable bonds is 5. The highest BCUT2D eigenvalue weighted by Gasteiger charge is 2.38. The summed E-state index contributed by atoms with van der Waals surface area (Å²) in [6.45, 7) is 0. The van der Waals surface area contributed by atoms with Crippen molar-refractivity contribution in [1.82, 2.24) is 0 Å². The monoisotopic (exact) mass is 496 g/mol. The average molecular weight is 497 g/mol. The van der Waals surface area contributed by atoms with Crippen molar-refractivity contribution >= 4 is 38.1 Å². The first-order chi connectivity index (χ1) is 17.4. The third-order valence-electron chi connectivity index (χ3n) is 7.20. The van der Waals surface area contributed by atoms with Crippen molar-refractivity contribution in [1.29, 1.82) is 0 Å². The third kappa shape index (κ3) is 3.82. The fourth-order valence-corrected chi connectivity index (χ4v) is 6.54. The summed E-state index contributed by atoms with van der Waals surface area (Å²) in [5.74, 6) is -0.676. The van der Waals surface area contributed by atoms with Crippen molar-refractivity contribution in [3.8, 4) is 0 Å². The zero-order valence-electron chi connectivity index (χ0n) is 19.3. The molecule has 0 fully saturated rings. The van der Waals surface area contributed by atoms with Gasteiger partial charge in [-0.05, 0) is 65.3 Å². The summed E-state index contributed by atoms with van der Waals surface area (Å²) in [6.07, 6.45) is 5.14. The minimum atomic E-state index is -3.80. The minimum absolute atomic E-state index is 0.00314. The van der Waals surface area contributed by atoms with Crippen LogP contribution in [0, 0.1) is 5.92 Å². The van der Waals surface area contributed by atoms with E-state index in [1.165, 1.54) is 0 Å². The first-order valence-corrected chi connectivity index (χ1v) is 13.3. The lowest BCUT2D eigenvalue weighted by molar-refractivity contribution is 0.0697. The van der Waals surface area contributed by atoms with E-state index in [0.29, 0.717) is 5.69 Å². The van der Waals surface area contributed by atoms with Crippen LogP contribution in [0.2, 0.25) is 0 Å². The van der Waals surface area contributed by atoms with Crippen molar-refractivity contribution in [3.63, 3.8) is 0 Å². The summed E-state index contributed by atoms with van der Waals surface area (Å²) >= 11 is 0. The number of benzene rings is 4. The van der Waals surface area contributed by atoms with Gasteiger partial charge in [0, 0.05) is 17.0 Å². The maximum Gasteiger partial charge on any atom is 0.335 e. The van der Waals surface area contributed by atoms with Crippen LogP contribution < -0.4 is 10.0 Å². The van der Waals surface area contributed by atoms with Gasteiger partial charge < -0.3 is 10.4 Å². The summed E-state index contributed by atoms with van der Waals surface area (Å²) in [5, 5.41) is 14.6. The summed E-state index contributed by atoms with van der Waals surface area (Å²) in [4.78, 5) is 11.5. The van der Waals surface area contributed by atoms with E-state index in [9.17, 15) is 18.3 Å². The molecule has 3 atom stereocenters. The highest BCUT2D eigenvalue weighted by Crippen LogP contribution is 2.50. The Hall–Kier alpha value is -4.10. The molecule has 2 unspecified atom stereocenters. The van der Waals surface area contributed by atoms with E-state index in [-0.39, 0.29) is 28.3 Å². The van der Waals surface area contributed by atoms with Crippen LogP contribution in [0.5, 0.6) is 0 Å². The van der Waals surface area contributed by atoms with Gasteiger partial charge in [0.1, 0.15) is 0 Å². The largest absolute Gasteiger partial charge is 0.478 e. The molecule has 2 aliphatic rings. The number of carboxylic acids is 1. The Morgan fingerprint density at radius 2 is 1.72 bits per heavy atom. The number of aromatic carboxylic acids is 1. The van der Waals surface area contributed by atoms with Crippen LogP contribution in [0.4, 0.5) is 11.4 Å². The maximum atomic E-state index is 13.4. The third-order valence-corrected chi connectivity index (χ3v) is 8.56. The molecular formula is C29H24N2O4S. The first-order valence-electron chi connectivity index (χ1n) is 11.8. The molecule has 6 rings (SSSR count). The topological polar surface area (TPSA) is 95.5 Å². The van der Waals surface area contributed by atoms with Gasteiger partial charge in [0.2, 0.25) is 0 Å². The molecular weight excluding hydrogens is 472 g/mol. The van der Waals surface area contributed by atoms with Crippen LogP contribution in [0.1, 0.15) is 39.9 Å². The molecule has 7 heteroatoms. The van der Waals surface area contributed by atoms with Gasteiger partial charge in [0.25, 0.3) is 10.0 Å². The van der Waals surface area contributed by atoms with Crippen molar-refractivity contribution in [2.45, 2.75) is 23.3 Å². The molecule has 180 valence electrons. The quantitative estimate of drug-likeness (QED) is 0.287. The fourth-order valence-electron chi connectivity index (χ4n) is 5.42. The van der Waals surface area contributed by atoms with E-state index >= 15 is 0 Å². The van der Waals surface area contributed by atoms with Crippen LogP contribution >= 0.6 is 0 Å². The molecule has 0 spiro atoms. The van der Waals surface area contributed by atoms with Crippen LogP contribution in [0.3, 0.4) is 0 Å². The average Bonchev–Trinajstić information content (AvgIpc) is 3.38. The number of hydrogen-bond acceptors (Lipinski definition) is 4. The van der Waals surface area contributed by atoms with Crippen molar-refractivity contribution < 1.29 is 18.3 Å². The van der Waals surface area contributed by atoms with Gasteiger partial charge in [-0.1, -0.05) is 60.7 Å². The van der Waals surface area contributed by atoms with Gasteiger partial charge in [-0.15, -0.1) is 0 Å². The van der Waals surface area contributed by atoms with Crippen LogP contribution in [0.15, 0.2) is 102 Å². The fraction of sp³-hybridized carbons (Fsp3) is 0.138. The molecule has 0 aromatic heterocycles. The Morgan fingerprint density at radius 3 is 2.53 bits per heavy atom. The van der Waals surface area contributed by atoms with Gasteiger partial charge >= 0.3 is 5.97 Å². The second-order valence-electron chi connectivity index (χ2n) is 9.28. The SMILES string of the molecule is O=C(O)c1ccc([C@H]2Nc3ccc(S(=O)(=O)Nc4cccc5ccccc45)cc3C3C=CCC32)cc1. The highest BCUT2D eigenvalue weighted by molar-refractivity contribution is 7.92. The van der Waals surface area contributed by atoms with Gasteiger partial charge in [-0.2, -0.15) is 0 Å². The van der Waals surface area contributed by atoms with E-state index in [0.717, 1.165) is 34.0 Å². The molecule has 4 aromatic carbocycles. The Morgan fingerprint density at radius 1 is 0.944 bits per heavy atom. The van der Waals surface area contributed by atoms with E-state index in [4.69, 9.17) is 0 Å². The highest BCUT2D eigenvalue weighted by atomic mass is 32.2. The van der Waals surface area contributed by atoms with E-state index in [1.54, 1.807) is 30.3 Å². The molecule has 0 bridgehead atoms. The molecule has 0 saturated heterocycles. The lowest BCUT2D eigenvalue weighted by Gasteiger charge is -2.37. The number of anilines is 2. The molecule has 6 nitrogen and oxygen atoms in total. The molecule has 1 aliphatic heterocycles. The number of carboxylic acid groups (broad SMARTS) is 1. The number of nitrogens with one attached hydrogen (secondary N) is 2. The zero-order valence-corrected chi connectivity index (χ0v) is 20.1. The number of carbonyl (C=O) groups is 1. The number of sulfonamides is 1. The molecule has 0 saturated carbocycles. The Kier molecular flexibility index (Phi) is 5.30. The molecule has 0 amide bonds. The summed E-state index contributed by atoms with van der Waals surface area (Å²) in [6, 6.07) is 25.4. The number of allylic oxidation sites excluding steroid dienone is 2. The van der Waals surface area contributed by atoms with Gasteiger partial charge in [0.15, 0.2) is 0 Å². The normalized spacial score (nSPS) is 20.4. The van der Waals surface area contributed by atoms with E-state index in [2.05, 4.69) is 22.2 Å². The van der Waals surface area contributed by atoms with E-state index < -0.39 is 16.0 Å². The number of hydrogen-bond donors (Lipinski definition) is 3. The van der Waals surface area contributed by atoms with Crippen molar-refractivity contribution in [2.24, 2.45) is 5.92 Å². The predicted octanol–water partition coefficient (Wildman–Crippen LogP) is 6.17. The smallest absolute Gasteiger partial charge is 0.335 e. The molecule has 4 aromatic rings. The Bertz CT molecular complexity index is 1620. The van der Waals surface area contributed by atoms with Gasteiger partial charge in [-0.3, -0.25) is 4.72 Å². The van der Waals surface area contributed by atoms with Gasteiger partial charge in [0.05, 0.1) is 22.2 Å². The first kappa shape index (κ1) is 22.4. The second kappa shape index (κ2) is 8.53. The molecule has 1 heterocycles. The maximum absolute atomic E-state index is 13.4. The summed E-state index contributed by atoms with van der Waals surface area (Å²) in [5.41, 5.74) is 3.66. The molecule has 1 aliphatic carbocycles. The minimum Gasteiger partial charge on any atom is -0.478 e.